The third-order valence-electron chi connectivity index (χ3n) is 4.10. The van der Waals surface area contributed by atoms with Crippen LogP contribution in [0.4, 0.5) is 0 Å². The summed E-state index contributed by atoms with van der Waals surface area (Å²) in [5, 5.41) is 3.54. The molecule has 1 rings (SSSR count). The molecular formula is C16H35N3. The first kappa shape index (κ1) is 16.9. The molecule has 19 heavy (non-hydrogen) atoms. The summed E-state index contributed by atoms with van der Waals surface area (Å²) in [6, 6.07) is 0.754. The van der Waals surface area contributed by atoms with Crippen molar-refractivity contribution in [3.8, 4) is 0 Å². The molecule has 114 valence electrons. The molecule has 1 aliphatic heterocycles. The molecule has 1 atom stereocenters. The van der Waals surface area contributed by atoms with E-state index in [1.54, 1.807) is 0 Å². The van der Waals surface area contributed by atoms with Crippen molar-refractivity contribution in [3.05, 3.63) is 0 Å². The third kappa shape index (κ3) is 7.28. The van der Waals surface area contributed by atoms with Crippen LogP contribution in [0.15, 0.2) is 0 Å². The highest BCUT2D eigenvalue weighted by molar-refractivity contribution is 4.76. The lowest BCUT2D eigenvalue weighted by Crippen LogP contribution is -2.49. The molecule has 0 aromatic rings. The van der Waals surface area contributed by atoms with Gasteiger partial charge >= 0.3 is 0 Å². The predicted molar refractivity (Wildman–Crippen MR) is 84.7 cm³/mol. The Morgan fingerprint density at radius 2 is 1.74 bits per heavy atom. The van der Waals surface area contributed by atoms with Gasteiger partial charge in [-0.15, -0.1) is 0 Å². The van der Waals surface area contributed by atoms with Crippen LogP contribution in [0.25, 0.3) is 0 Å². The monoisotopic (exact) mass is 269 g/mol. The summed E-state index contributed by atoms with van der Waals surface area (Å²) in [5.41, 5.74) is 0. The molecule has 1 saturated heterocycles. The lowest BCUT2D eigenvalue weighted by molar-refractivity contribution is 0.0980. The highest BCUT2D eigenvalue weighted by atomic mass is 15.3. The van der Waals surface area contributed by atoms with E-state index in [0.717, 1.165) is 18.5 Å². The van der Waals surface area contributed by atoms with Crippen LogP contribution in [0.5, 0.6) is 0 Å². The van der Waals surface area contributed by atoms with Gasteiger partial charge in [0.15, 0.2) is 0 Å². The van der Waals surface area contributed by atoms with E-state index in [9.17, 15) is 0 Å². The number of hydrogen-bond acceptors (Lipinski definition) is 3. The average molecular weight is 269 g/mol. The fourth-order valence-corrected chi connectivity index (χ4v) is 2.84. The Morgan fingerprint density at radius 3 is 2.32 bits per heavy atom. The molecule has 0 spiro atoms. The Morgan fingerprint density at radius 1 is 1.05 bits per heavy atom. The van der Waals surface area contributed by atoms with Gasteiger partial charge in [-0.25, -0.2) is 0 Å². The highest BCUT2D eigenvalue weighted by Gasteiger charge is 2.19. The molecule has 0 aliphatic carbocycles. The molecule has 3 heteroatoms. The molecule has 1 fully saturated rings. The summed E-state index contributed by atoms with van der Waals surface area (Å²) in [5.74, 6) is 0.768. The molecule has 1 N–H and O–H groups in total. The van der Waals surface area contributed by atoms with Crippen molar-refractivity contribution >= 4 is 0 Å². The molecule has 0 saturated carbocycles. The van der Waals surface area contributed by atoms with E-state index in [0.29, 0.717) is 0 Å². The molecule has 1 unspecified atom stereocenters. The zero-order valence-electron chi connectivity index (χ0n) is 13.6. The Bertz CT molecular complexity index is 210. The normalized spacial score (nSPS) is 20.1. The summed E-state index contributed by atoms with van der Waals surface area (Å²) in [4.78, 5) is 5.28. The molecule has 0 bridgehead atoms. The predicted octanol–water partition coefficient (Wildman–Crippen LogP) is 2.43. The number of nitrogens with one attached hydrogen (secondary N) is 1. The van der Waals surface area contributed by atoms with Crippen LogP contribution < -0.4 is 5.32 Å². The van der Waals surface area contributed by atoms with Gasteiger partial charge in [-0.05, 0) is 51.7 Å². The van der Waals surface area contributed by atoms with Gasteiger partial charge in [0, 0.05) is 32.2 Å². The van der Waals surface area contributed by atoms with Crippen LogP contribution in [-0.4, -0.2) is 61.7 Å². The molecule has 0 aromatic carbocycles. The van der Waals surface area contributed by atoms with Gasteiger partial charge < -0.3 is 10.2 Å². The van der Waals surface area contributed by atoms with Crippen LogP contribution in [0, 0.1) is 5.92 Å². The minimum absolute atomic E-state index is 0.754. The first-order valence-electron chi connectivity index (χ1n) is 8.30. The maximum atomic E-state index is 3.54. The minimum atomic E-state index is 0.754. The van der Waals surface area contributed by atoms with Crippen LogP contribution in [0.3, 0.4) is 0 Å². The summed E-state index contributed by atoms with van der Waals surface area (Å²) in [7, 11) is 0. The quantitative estimate of drug-likeness (QED) is 0.649. The highest BCUT2D eigenvalue weighted by Crippen LogP contribution is 2.10. The van der Waals surface area contributed by atoms with Crippen molar-refractivity contribution in [2.75, 3.05) is 45.8 Å². The lowest BCUT2D eigenvalue weighted by Gasteiger charge is -2.38. The van der Waals surface area contributed by atoms with Crippen molar-refractivity contribution in [3.63, 3.8) is 0 Å². The fourth-order valence-electron chi connectivity index (χ4n) is 2.84. The molecule has 0 aromatic heterocycles. The SMILES string of the molecule is CCCN1CCN(C(C)CCCNCC(C)C)CC1. The van der Waals surface area contributed by atoms with Gasteiger partial charge in [-0.1, -0.05) is 20.8 Å². The van der Waals surface area contributed by atoms with Crippen LogP contribution in [0.1, 0.15) is 47.0 Å². The second-order valence-corrected chi connectivity index (χ2v) is 6.47. The molecule has 1 aliphatic rings. The summed E-state index contributed by atoms with van der Waals surface area (Å²) in [6.07, 6.45) is 3.93. The van der Waals surface area contributed by atoms with E-state index >= 15 is 0 Å². The van der Waals surface area contributed by atoms with Crippen molar-refractivity contribution < 1.29 is 0 Å². The van der Waals surface area contributed by atoms with E-state index in [2.05, 4.69) is 42.8 Å². The van der Waals surface area contributed by atoms with E-state index in [1.807, 2.05) is 0 Å². The molecular weight excluding hydrogens is 234 g/mol. The zero-order valence-corrected chi connectivity index (χ0v) is 13.6. The molecule has 0 amide bonds. The standard InChI is InChI=1S/C16H35N3/c1-5-9-18-10-12-19(13-11-18)16(4)7-6-8-17-14-15(2)3/h15-17H,5-14H2,1-4H3. The Kier molecular flexibility index (Phi) is 8.67. The van der Waals surface area contributed by atoms with E-state index in [1.165, 1.54) is 58.5 Å². The first-order chi connectivity index (χ1) is 9.13. The van der Waals surface area contributed by atoms with Crippen molar-refractivity contribution in [1.29, 1.82) is 0 Å². The van der Waals surface area contributed by atoms with Crippen molar-refractivity contribution in [2.45, 2.75) is 53.0 Å². The van der Waals surface area contributed by atoms with E-state index in [-0.39, 0.29) is 0 Å². The van der Waals surface area contributed by atoms with E-state index in [4.69, 9.17) is 0 Å². The maximum absolute atomic E-state index is 3.54. The van der Waals surface area contributed by atoms with Gasteiger partial charge in [-0.2, -0.15) is 0 Å². The Labute approximate surface area is 120 Å². The van der Waals surface area contributed by atoms with Gasteiger partial charge in [0.1, 0.15) is 0 Å². The van der Waals surface area contributed by atoms with Crippen LogP contribution in [-0.2, 0) is 0 Å². The van der Waals surface area contributed by atoms with Crippen molar-refractivity contribution in [2.24, 2.45) is 5.92 Å². The second kappa shape index (κ2) is 9.73. The zero-order chi connectivity index (χ0) is 14.1. The maximum Gasteiger partial charge on any atom is 0.0113 e. The summed E-state index contributed by atoms with van der Waals surface area (Å²) < 4.78 is 0. The van der Waals surface area contributed by atoms with Crippen LogP contribution >= 0.6 is 0 Å². The largest absolute Gasteiger partial charge is 0.316 e. The van der Waals surface area contributed by atoms with Gasteiger partial charge in [0.25, 0.3) is 0 Å². The topological polar surface area (TPSA) is 18.5 Å². The smallest absolute Gasteiger partial charge is 0.0113 e. The Hall–Kier alpha value is -0.120. The molecule has 0 radical (unpaired) electrons. The van der Waals surface area contributed by atoms with Gasteiger partial charge in [-0.3, -0.25) is 4.90 Å². The summed E-state index contributed by atoms with van der Waals surface area (Å²) >= 11 is 0. The number of piperazine rings is 1. The van der Waals surface area contributed by atoms with Crippen LogP contribution in [0.2, 0.25) is 0 Å². The number of hydrogen-bond donors (Lipinski definition) is 1. The molecule has 3 nitrogen and oxygen atoms in total. The lowest BCUT2D eigenvalue weighted by atomic mass is 10.1. The average Bonchev–Trinajstić information content (AvgIpc) is 2.39. The van der Waals surface area contributed by atoms with Gasteiger partial charge in [0.05, 0.1) is 0 Å². The first-order valence-corrected chi connectivity index (χ1v) is 8.30. The number of rotatable bonds is 9. The van der Waals surface area contributed by atoms with E-state index < -0.39 is 0 Å². The molecule has 1 heterocycles. The van der Waals surface area contributed by atoms with Gasteiger partial charge in [0.2, 0.25) is 0 Å². The minimum Gasteiger partial charge on any atom is -0.316 e. The summed E-state index contributed by atoms with van der Waals surface area (Å²) in [6.45, 7) is 17.9. The third-order valence-corrected chi connectivity index (χ3v) is 4.10. The van der Waals surface area contributed by atoms with Crippen molar-refractivity contribution in [1.82, 2.24) is 15.1 Å². The Balaban J connectivity index is 2.05. The fraction of sp³-hybridized carbons (Fsp3) is 1.00. The number of nitrogens with zero attached hydrogens (tertiary/aromatic N) is 2. The second-order valence-electron chi connectivity index (χ2n) is 6.47.